The van der Waals surface area contributed by atoms with Crippen LogP contribution < -0.4 is 0 Å². The van der Waals surface area contributed by atoms with Crippen molar-refractivity contribution in [2.75, 3.05) is 13.1 Å². The van der Waals surface area contributed by atoms with Gasteiger partial charge in [0.1, 0.15) is 0 Å². The summed E-state index contributed by atoms with van der Waals surface area (Å²) < 4.78 is 0. The third-order valence-corrected chi connectivity index (χ3v) is 2.84. The van der Waals surface area contributed by atoms with Crippen LogP contribution in [0.5, 0.6) is 0 Å². The van der Waals surface area contributed by atoms with Crippen molar-refractivity contribution in [3.63, 3.8) is 0 Å². The molecule has 0 N–H and O–H groups in total. The van der Waals surface area contributed by atoms with Crippen molar-refractivity contribution in [2.24, 2.45) is 0 Å². The van der Waals surface area contributed by atoms with Gasteiger partial charge in [-0.15, -0.1) is 0 Å². The summed E-state index contributed by atoms with van der Waals surface area (Å²) in [5.74, 6) is 0. The lowest BCUT2D eigenvalue weighted by Crippen LogP contribution is -2.15. The summed E-state index contributed by atoms with van der Waals surface area (Å²) in [4.78, 5) is 2.49. The second-order valence-electron chi connectivity index (χ2n) is 3.99. The van der Waals surface area contributed by atoms with E-state index in [1.165, 1.54) is 51.6 Å². The summed E-state index contributed by atoms with van der Waals surface area (Å²) in [7, 11) is 0. The van der Waals surface area contributed by atoms with Gasteiger partial charge in [0.05, 0.1) is 0 Å². The fraction of sp³-hybridized carbons (Fsp3) is 0.833. The van der Waals surface area contributed by atoms with Crippen LogP contribution in [0.15, 0.2) is 11.8 Å². The van der Waals surface area contributed by atoms with Crippen molar-refractivity contribution in [3.05, 3.63) is 11.8 Å². The average Bonchev–Trinajstić information content (AvgIpc) is 2.60. The van der Waals surface area contributed by atoms with Gasteiger partial charge in [-0.25, -0.2) is 0 Å². The zero-order chi connectivity index (χ0) is 9.52. The lowest BCUT2D eigenvalue weighted by atomic mass is 10.2. The van der Waals surface area contributed by atoms with Crippen LogP contribution in [-0.4, -0.2) is 18.0 Å². The number of nitrogens with zero attached hydrogens (tertiary/aromatic N) is 1. The monoisotopic (exact) mass is 181 g/mol. The molecule has 0 unspecified atom stereocenters. The SMILES string of the molecule is CCCCCCN1C=C(CC)CC1. The molecule has 0 saturated carbocycles. The molecule has 0 aromatic rings. The van der Waals surface area contributed by atoms with Crippen LogP contribution in [0.25, 0.3) is 0 Å². The van der Waals surface area contributed by atoms with Crippen LogP contribution in [-0.2, 0) is 0 Å². The highest BCUT2D eigenvalue weighted by Crippen LogP contribution is 2.17. The fourth-order valence-electron chi connectivity index (χ4n) is 1.86. The summed E-state index contributed by atoms with van der Waals surface area (Å²) in [6.45, 7) is 7.08. The molecule has 1 nitrogen and oxygen atoms in total. The second kappa shape index (κ2) is 6.06. The van der Waals surface area contributed by atoms with Gasteiger partial charge in [0, 0.05) is 13.1 Å². The predicted octanol–water partition coefficient (Wildman–Crippen LogP) is 3.57. The second-order valence-corrected chi connectivity index (χ2v) is 3.99. The molecule has 1 aliphatic heterocycles. The van der Waals surface area contributed by atoms with Gasteiger partial charge in [-0.1, -0.05) is 38.7 Å². The number of hydrogen-bond acceptors (Lipinski definition) is 1. The van der Waals surface area contributed by atoms with Gasteiger partial charge in [-0.05, 0) is 25.5 Å². The number of unbranched alkanes of at least 4 members (excludes halogenated alkanes) is 3. The zero-order valence-corrected chi connectivity index (χ0v) is 9.18. The number of rotatable bonds is 6. The van der Waals surface area contributed by atoms with Gasteiger partial charge < -0.3 is 4.90 Å². The molecule has 0 aromatic heterocycles. The summed E-state index contributed by atoms with van der Waals surface area (Å²) >= 11 is 0. The minimum absolute atomic E-state index is 1.24. The van der Waals surface area contributed by atoms with E-state index in [0.717, 1.165) is 0 Å². The Morgan fingerprint density at radius 3 is 2.69 bits per heavy atom. The quantitative estimate of drug-likeness (QED) is 0.566. The third-order valence-electron chi connectivity index (χ3n) is 2.84. The third kappa shape index (κ3) is 3.84. The van der Waals surface area contributed by atoms with E-state index in [1.54, 1.807) is 5.57 Å². The molecular formula is C12H23N. The molecule has 0 aromatic carbocycles. The van der Waals surface area contributed by atoms with Crippen LogP contribution in [0.4, 0.5) is 0 Å². The lowest BCUT2D eigenvalue weighted by molar-refractivity contribution is 0.389. The van der Waals surface area contributed by atoms with Crippen LogP contribution in [0.2, 0.25) is 0 Å². The molecule has 0 fully saturated rings. The van der Waals surface area contributed by atoms with E-state index in [2.05, 4.69) is 24.9 Å². The number of hydrogen-bond donors (Lipinski definition) is 0. The van der Waals surface area contributed by atoms with E-state index in [4.69, 9.17) is 0 Å². The maximum Gasteiger partial charge on any atom is 0.0210 e. The lowest BCUT2D eigenvalue weighted by Gasteiger charge is -2.14. The minimum atomic E-state index is 1.24. The van der Waals surface area contributed by atoms with E-state index in [1.807, 2.05) is 0 Å². The maximum atomic E-state index is 2.49. The fourth-order valence-corrected chi connectivity index (χ4v) is 1.86. The van der Waals surface area contributed by atoms with Gasteiger partial charge >= 0.3 is 0 Å². The highest BCUT2D eigenvalue weighted by Gasteiger charge is 2.09. The van der Waals surface area contributed by atoms with Crippen molar-refractivity contribution in [1.82, 2.24) is 4.90 Å². The van der Waals surface area contributed by atoms with Crippen LogP contribution in [0.3, 0.4) is 0 Å². The molecular weight excluding hydrogens is 158 g/mol. The van der Waals surface area contributed by atoms with E-state index in [-0.39, 0.29) is 0 Å². The molecule has 76 valence electrons. The molecule has 0 amide bonds. The Labute approximate surface area is 82.8 Å². The highest BCUT2D eigenvalue weighted by atomic mass is 15.1. The molecule has 0 saturated heterocycles. The van der Waals surface area contributed by atoms with Crippen molar-refractivity contribution in [3.8, 4) is 0 Å². The van der Waals surface area contributed by atoms with Gasteiger partial charge in [0.25, 0.3) is 0 Å². The minimum Gasteiger partial charge on any atom is -0.377 e. The zero-order valence-electron chi connectivity index (χ0n) is 9.18. The summed E-state index contributed by atoms with van der Waals surface area (Å²) in [6, 6.07) is 0. The summed E-state index contributed by atoms with van der Waals surface area (Å²) in [5, 5.41) is 0. The average molecular weight is 181 g/mol. The first kappa shape index (κ1) is 10.6. The molecule has 0 bridgehead atoms. The first-order chi connectivity index (χ1) is 6.36. The summed E-state index contributed by atoms with van der Waals surface area (Å²) in [6.07, 6.45) is 10.5. The highest BCUT2D eigenvalue weighted by molar-refractivity contribution is 5.06. The first-order valence-corrected chi connectivity index (χ1v) is 5.80. The summed E-state index contributed by atoms with van der Waals surface area (Å²) in [5.41, 5.74) is 1.63. The molecule has 1 heteroatoms. The Kier molecular flexibility index (Phi) is 4.95. The standard InChI is InChI=1S/C12H23N/c1-3-5-6-7-9-13-10-8-12(4-2)11-13/h11H,3-10H2,1-2H3. The largest absolute Gasteiger partial charge is 0.377 e. The van der Waals surface area contributed by atoms with Crippen molar-refractivity contribution < 1.29 is 0 Å². The van der Waals surface area contributed by atoms with Crippen molar-refractivity contribution in [1.29, 1.82) is 0 Å². The maximum absolute atomic E-state index is 2.49. The molecule has 1 rings (SSSR count). The van der Waals surface area contributed by atoms with Gasteiger partial charge in [-0.3, -0.25) is 0 Å². The van der Waals surface area contributed by atoms with E-state index in [9.17, 15) is 0 Å². The van der Waals surface area contributed by atoms with Crippen molar-refractivity contribution >= 4 is 0 Å². The Bertz CT molecular complexity index is 161. The molecule has 0 atom stereocenters. The Balaban J connectivity index is 2.06. The van der Waals surface area contributed by atoms with Gasteiger partial charge in [-0.2, -0.15) is 0 Å². The molecule has 0 spiro atoms. The Morgan fingerprint density at radius 1 is 1.23 bits per heavy atom. The topological polar surface area (TPSA) is 3.24 Å². The first-order valence-electron chi connectivity index (χ1n) is 5.80. The smallest absolute Gasteiger partial charge is 0.0210 e. The molecule has 0 radical (unpaired) electrons. The molecule has 1 heterocycles. The van der Waals surface area contributed by atoms with Gasteiger partial charge in [0.2, 0.25) is 0 Å². The van der Waals surface area contributed by atoms with Gasteiger partial charge in [0.15, 0.2) is 0 Å². The Morgan fingerprint density at radius 2 is 2.08 bits per heavy atom. The van der Waals surface area contributed by atoms with E-state index in [0.29, 0.717) is 0 Å². The van der Waals surface area contributed by atoms with Crippen LogP contribution in [0, 0.1) is 0 Å². The Hall–Kier alpha value is -0.460. The molecule has 1 aliphatic rings. The van der Waals surface area contributed by atoms with Crippen molar-refractivity contribution in [2.45, 2.75) is 52.4 Å². The van der Waals surface area contributed by atoms with Crippen LogP contribution >= 0.6 is 0 Å². The van der Waals surface area contributed by atoms with Crippen LogP contribution in [0.1, 0.15) is 52.4 Å². The van der Waals surface area contributed by atoms with E-state index < -0.39 is 0 Å². The normalized spacial score (nSPS) is 16.5. The molecule has 13 heavy (non-hydrogen) atoms. The van der Waals surface area contributed by atoms with E-state index >= 15 is 0 Å². The predicted molar refractivity (Wildman–Crippen MR) is 58.7 cm³/mol. The molecule has 0 aliphatic carbocycles.